The monoisotopic (exact) mass is 457 g/mol. The highest BCUT2D eigenvalue weighted by molar-refractivity contribution is 5.85. The van der Waals surface area contributed by atoms with Crippen LogP contribution < -0.4 is 10.2 Å². The van der Waals surface area contributed by atoms with E-state index in [-0.39, 0.29) is 29.5 Å². The Bertz CT molecular complexity index is 910. The van der Waals surface area contributed by atoms with E-state index in [0.29, 0.717) is 5.92 Å². The molecule has 33 heavy (non-hydrogen) atoms. The number of rotatable bonds is 5. The van der Waals surface area contributed by atoms with Gasteiger partial charge in [-0.2, -0.15) is 0 Å². The van der Waals surface area contributed by atoms with Crippen molar-refractivity contribution in [2.75, 3.05) is 31.1 Å². The van der Waals surface area contributed by atoms with Crippen molar-refractivity contribution in [2.45, 2.75) is 63.1 Å². The first kappa shape index (κ1) is 22.3. The van der Waals surface area contributed by atoms with Gasteiger partial charge in [0.25, 0.3) is 0 Å². The summed E-state index contributed by atoms with van der Waals surface area (Å²) in [6.45, 7) is 6.96. The Morgan fingerprint density at radius 3 is 2.30 bits per heavy atom. The summed E-state index contributed by atoms with van der Waals surface area (Å²) in [6, 6.07) is 7.48. The minimum absolute atomic E-state index is 0.0455. The van der Waals surface area contributed by atoms with E-state index in [2.05, 4.69) is 15.1 Å². The average Bonchev–Trinajstić information content (AvgIpc) is 2.75. The van der Waals surface area contributed by atoms with E-state index >= 15 is 0 Å². The van der Waals surface area contributed by atoms with Gasteiger partial charge in [0.15, 0.2) is 0 Å². The minimum atomic E-state index is -1.18. The summed E-state index contributed by atoms with van der Waals surface area (Å²) in [5, 5.41) is 22.8. The predicted octanol–water partition coefficient (Wildman–Crippen LogP) is 3.05. The molecule has 6 rings (SSSR count). The first-order valence-corrected chi connectivity index (χ1v) is 12.2. The molecule has 1 amide bonds. The lowest BCUT2D eigenvalue weighted by atomic mass is 9.52. The lowest BCUT2D eigenvalue weighted by Gasteiger charge is -2.59. The fraction of sp³-hybridized carbons (Fsp3) is 0.680. The molecule has 5 fully saturated rings. The topological polar surface area (TPSA) is 102 Å². The molecule has 1 aliphatic heterocycles. The van der Waals surface area contributed by atoms with Crippen LogP contribution in [0.15, 0.2) is 24.3 Å². The standard InChI is InChI=1S/C25H35N3O5/c1-24(2,28-9-7-27(8-10-28)19-5-3-4-6-20(19)29)22(30)26-21-17-11-16-12-18(21)15-25(13-16,14-17)33-23(31)32/h3-6,16-18,21,29H,7-15H2,1-2H3,(H,26,30)(H,31,32). The number of carbonyl (C=O) groups is 2. The number of phenolic OH excluding ortho intramolecular Hbond substituents is 1. The van der Waals surface area contributed by atoms with Crippen molar-refractivity contribution in [1.29, 1.82) is 0 Å². The molecule has 3 N–H and O–H groups in total. The van der Waals surface area contributed by atoms with Gasteiger partial charge in [0.1, 0.15) is 11.4 Å². The Morgan fingerprint density at radius 1 is 1.06 bits per heavy atom. The number of carbonyl (C=O) groups excluding carboxylic acids is 1. The van der Waals surface area contributed by atoms with Gasteiger partial charge in [-0.25, -0.2) is 4.79 Å². The molecule has 0 spiro atoms. The first-order valence-electron chi connectivity index (χ1n) is 12.2. The number of ether oxygens (including phenoxy) is 1. The molecule has 1 aromatic rings. The number of amides is 1. The molecule has 180 valence electrons. The van der Waals surface area contributed by atoms with Gasteiger partial charge in [-0.15, -0.1) is 0 Å². The highest BCUT2D eigenvalue weighted by atomic mass is 16.7. The molecule has 4 aliphatic carbocycles. The van der Waals surface area contributed by atoms with Gasteiger partial charge in [0, 0.05) is 32.2 Å². The molecular weight excluding hydrogens is 422 g/mol. The van der Waals surface area contributed by atoms with E-state index in [0.717, 1.165) is 64.0 Å². The summed E-state index contributed by atoms with van der Waals surface area (Å²) >= 11 is 0. The van der Waals surface area contributed by atoms with Gasteiger partial charge in [-0.05, 0) is 75.8 Å². The number of aromatic hydroxyl groups is 1. The van der Waals surface area contributed by atoms with Gasteiger partial charge in [0.05, 0.1) is 11.2 Å². The zero-order valence-electron chi connectivity index (χ0n) is 19.5. The van der Waals surface area contributed by atoms with Crippen LogP contribution in [0.2, 0.25) is 0 Å². The Balaban J connectivity index is 1.21. The third-order valence-electron chi connectivity index (χ3n) is 8.67. The SMILES string of the molecule is CC(C)(C(=O)NC1C2CC3CC1CC(OC(=O)O)(C3)C2)N1CCN(c2ccccc2O)CC1. The second kappa shape index (κ2) is 8.08. The molecule has 8 heteroatoms. The summed E-state index contributed by atoms with van der Waals surface area (Å²) in [5.74, 6) is 1.41. The summed E-state index contributed by atoms with van der Waals surface area (Å²) < 4.78 is 5.39. The van der Waals surface area contributed by atoms with Crippen LogP contribution in [-0.4, -0.2) is 70.5 Å². The second-order valence-corrected chi connectivity index (χ2v) is 11.0. The van der Waals surface area contributed by atoms with Crippen LogP contribution in [0, 0.1) is 17.8 Å². The van der Waals surface area contributed by atoms with Crippen LogP contribution in [0.3, 0.4) is 0 Å². The van der Waals surface area contributed by atoms with Crippen LogP contribution in [-0.2, 0) is 9.53 Å². The maximum absolute atomic E-state index is 13.5. The summed E-state index contributed by atoms with van der Waals surface area (Å²) in [6.07, 6.45) is 3.19. The smallest absolute Gasteiger partial charge is 0.506 e. The highest BCUT2D eigenvalue weighted by Crippen LogP contribution is 2.57. The fourth-order valence-electron chi connectivity index (χ4n) is 7.21. The van der Waals surface area contributed by atoms with E-state index < -0.39 is 17.3 Å². The van der Waals surface area contributed by atoms with Crippen LogP contribution in [0.4, 0.5) is 10.5 Å². The number of hydrogen-bond donors (Lipinski definition) is 3. The number of phenols is 1. The van der Waals surface area contributed by atoms with Crippen molar-refractivity contribution in [3.05, 3.63) is 24.3 Å². The van der Waals surface area contributed by atoms with Gasteiger partial charge in [-0.3, -0.25) is 9.69 Å². The van der Waals surface area contributed by atoms with Gasteiger partial charge in [0.2, 0.25) is 5.91 Å². The molecule has 1 heterocycles. The van der Waals surface area contributed by atoms with Crippen molar-refractivity contribution >= 4 is 17.7 Å². The third-order valence-corrected chi connectivity index (χ3v) is 8.67. The molecule has 1 aromatic carbocycles. The Morgan fingerprint density at radius 2 is 1.70 bits per heavy atom. The van der Waals surface area contributed by atoms with Gasteiger partial charge < -0.3 is 25.2 Å². The van der Waals surface area contributed by atoms with Gasteiger partial charge in [-0.1, -0.05) is 12.1 Å². The quantitative estimate of drug-likeness (QED) is 0.584. The number of nitrogens with zero attached hydrogens (tertiary/aromatic N) is 2. The zero-order valence-corrected chi connectivity index (χ0v) is 19.5. The third kappa shape index (κ3) is 4.03. The number of nitrogens with one attached hydrogen (secondary N) is 1. The summed E-state index contributed by atoms with van der Waals surface area (Å²) in [7, 11) is 0. The summed E-state index contributed by atoms with van der Waals surface area (Å²) in [5.41, 5.74) is -0.349. The lowest BCUT2D eigenvalue weighted by Crippen LogP contribution is -2.66. The highest BCUT2D eigenvalue weighted by Gasteiger charge is 2.58. The van der Waals surface area contributed by atoms with Crippen LogP contribution in [0.25, 0.3) is 0 Å². The Hall–Kier alpha value is -2.48. The van der Waals surface area contributed by atoms with Crippen LogP contribution >= 0.6 is 0 Å². The van der Waals surface area contributed by atoms with Gasteiger partial charge >= 0.3 is 6.16 Å². The normalized spacial score (nSPS) is 33.7. The van der Waals surface area contributed by atoms with Crippen molar-refractivity contribution in [3.8, 4) is 5.75 Å². The van der Waals surface area contributed by atoms with Crippen molar-refractivity contribution in [1.82, 2.24) is 10.2 Å². The first-order chi connectivity index (χ1) is 15.7. The fourth-order valence-corrected chi connectivity index (χ4v) is 7.21. The largest absolute Gasteiger partial charge is 0.506 e. The number of anilines is 1. The maximum atomic E-state index is 13.5. The lowest BCUT2D eigenvalue weighted by molar-refractivity contribution is -0.157. The maximum Gasteiger partial charge on any atom is 0.506 e. The van der Waals surface area contributed by atoms with E-state index in [1.54, 1.807) is 6.07 Å². The molecule has 5 aliphatic rings. The Labute approximate surface area is 194 Å². The van der Waals surface area contributed by atoms with E-state index in [1.807, 2.05) is 32.0 Å². The second-order valence-electron chi connectivity index (χ2n) is 11.0. The Kier molecular flexibility index (Phi) is 5.46. The predicted molar refractivity (Wildman–Crippen MR) is 123 cm³/mol. The molecule has 8 nitrogen and oxygen atoms in total. The van der Waals surface area contributed by atoms with Crippen molar-refractivity contribution in [3.63, 3.8) is 0 Å². The molecule has 0 radical (unpaired) electrons. The minimum Gasteiger partial charge on any atom is -0.506 e. The number of hydrogen-bond acceptors (Lipinski definition) is 6. The van der Waals surface area contributed by atoms with Crippen LogP contribution in [0.1, 0.15) is 46.0 Å². The summed E-state index contributed by atoms with van der Waals surface area (Å²) in [4.78, 5) is 29.1. The van der Waals surface area contributed by atoms with Crippen LogP contribution in [0.5, 0.6) is 5.75 Å². The molecule has 4 bridgehead atoms. The van der Waals surface area contributed by atoms with E-state index in [1.165, 1.54) is 0 Å². The average molecular weight is 458 g/mol. The van der Waals surface area contributed by atoms with E-state index in [4.69, 9.17) is 4.74 Å². The molecule has 2 atom stereocenters. The van der Waals surface area contributed by atoms with Crippen molar-refractivity contribution in [2.24, 2.45) is 17.8 Å². The number of para-hydroxylation sites is 2. The number of benzene rings is 1. The zero-order chi connectivity index (χ0) is 23.4. The molecule has 4 saturated carbocycles. The van der Waals surface area contributed by atoms with E-state index in [9.17, 15) is 19.8 Å². The molecular formula is C25H35N3O5. The molecule has 1 saturated heterocycles. The number of carboxylic acid groups (broad SMARTS) is 1. The molecule has 2 unspecified atom stereocenters. The van der Waals surface area contributed by atoms with Crippen molar-refractivity contribution < 1.29 is 24.5 Å². The number of piperazine rings is 1. The molecule has 0 aromatic heterocycles.